The minimum absolute atomic E-state index is 0.483. The van der Waals surface area contributed by atoms with E-state index in [0.717, 1.165) is 16.9 Å². The molecule has 0 fully saturated rings. The molecule has 0 bridgehead atoms. The molecule has 0 saturated heterocycles. The molecule has 2 N–H and O–H groups in total. The average Bonchev–Trinajstić information content (AvgIpc) is 3.03. The Hall–Kier alpha value is -3.28. The summed E-state index contributed by atoms with van der Waals surface area (Å²) < 4.78 is 0. The van der Waals surface area contributed by atoms with Crippen molar-refractivity contribution in [3.63, 3.8) is 0 Å². The maximum absolute atomic E-state index is 4.38. The van der Waals surface area contributed by atoms with E-state index in [9.17, 15) is 0 Å². The van der Waals surface area contributed by atoms with Crippen LogP contribution in [0.4, 0.5) is 11.5 Å². The van der Waals surface area contributed by atoms with E-state index in [1.807, 2.05) is 74.5 Å². The van der Waals surface area contributed by atoms with E-state index in [1.54, 1.807) is 0 Å². The van der Waals surface area contributed by atoms with Gasteiger partial charge in [0.05, 0.1) is 5.69 Å². The van der Waals surface area contributed by atoms with Gasteiger partial charge in [-0.15, -0.1) is 10.2 Å². The van der Waals surface area contributed by atoms with Crippen LogP contribution in [0.3, 0.4) is 0 Å². The van der Waals surface area contributed by atoms with Gasteiger partial charge in [0.1, 0.15) is 0 Å². The number of anilines is 1. The van der Waals surface area contributed by atoms with Gasteiger partial charge in [0.15, 0.2) is 5.82 Å². The lowest BCUT2D eigenvalue weighted by molar-refractivity contribution is 1.03. The number of aromatic nitrogens is 2. The van der Waals surface area contributed by atoms with Gasteiger partial charge in [0.25, 0.3) is 0 Å². The summed E-state index contributed by atoms with van der Waals surface area (Å²) in [6.45, 7) is 3.96. The summed E-state index contributed by atoms with van der Waals surface area (Å²) in [5, 5.41) is 19.7. The molecule has 0 atom stereocenters. The molecule has 0 amide bonds. The Morgan fingerprint density at radius 2 is 1.75 bits per heavy atom. The summed E-state index contributed by atoms with van der Waals surface area (Å²) in [7, 11) is 0. The van der Waals surface area contributed by atoms with Crippen molar-refractivity contribution in [2.75, 3.05) is 5.43 Å². The lowest BCUT2D eigenvalue weighted by atomic mass is 10.2. The van der Waals surface area contributed by atoms with Gasteiger partial charge in [-0.05, 0) is 26.0 Å². The Balaban J connectivity index is 1.85. The van der Waals surface area contributed by atoms with Gasteiger partial charge in [-0.3, -0.25) is 10.5 Å². The zero-order chi connectivity index (χ0) is 16.8. The molecule has 1 aromatic heterocycles. The van der Waals surface area contributed by atoms with Gasteiger partial charge in [0.2, 0.25) is 5.84 Å². The largest absolute Gasteiger partial charge is 0.281 e. The van der Waals surface area contributed by atoms with Crippen molar-refractivity contribution in [3.8, 4) is 0 Å². The van der Waals surface area contributed by atoms with Gasteiger partial charge in [0, 0.05) is 17.3 Å². The van der Waals surface area contributed by atoms with Crippen LogP contribution in [0.25, 0.3) is 0 Å². The molecule has 0 aliphatic rings. The fourth-order valence-electron chi connectivity index (χ4n) is 2.03. The van der Waals surface area contributed by atoms with Gasteiger partial charge >= 0.3 is 0 Å². The maximum Gasteiger partial charge on any atom is 0.201 e. The van der Waals surface area contributed by atoms with E-state index < -0.39 is 0 Å². The van der Waals surface area contributed by atoms with Crippen LogP contribution in [0.2, 0.25) is 0 Å². The Kier molecular flexibility index (Phi) is 4.76. The highest BCUT2D eigenvalue weighted by atomic mass is 15.3. The first kappa shape index (κ1) is 15.6. The Morgan fingerprint density at radius 3 is 2.42 bits per heavy atom. The van der Waals surface area contributed by atoms with Crippen molar-refractivity contribution in [2.45, 2.75) is 13.8 Å². The first-order valence-electron chi connectivity index (χ1n) is 7.60. The summed E-state index contributed by atoms with van der Waals surface area (Å²) in [5.74, 6) is 1.00. The van der Waals surface area contributed by atoms with Crippen LogP contribution >= 0.6 is 0 Å². The number of nitrogens with one attached hydrogen (secondary N) is 2. The summed E-state index contributed by atoms with van der Waals surface area (Å²) in [6.07, 6.45) is 0. The van der Waals surface area contributed by atoms with Crippen LogP contribution in [0, 0.1) is 13.8 Å². The molecule has 6 heteroatoms. The first-order valence-corrected chi connectivity index (χ1v) is 7.60. The number of H-pyrrole nitrogens is 1. The minimum Gasteiger partial charge on any atom is -0.281 e. The third-order valence-electron chi connectivity index (χ3n) is 3.31. The number of hydrogen-bond acceptors (Lipinski definition) is 4. The molecule has 0 spiro atoms. The molecule has 1 heterocycles. The number of azo groups is 1. The summed E-state index contributed by atoms with van der Waals surface area (Å²) in [5.41, 5.74) is 6.90. The van der Waals surface area contributed by atoms with Gasteiger partial charge in [-0.25, -0.2) is 0 Å². The molecule has 120 valence electrons. The predicted octanol–water partition coefficient (Wildman–Crippen LogP) is 4.58. The van der Waals surface area contributed by atoms with Crippen molar-refractivity contribution in [3.05, 3.63) is 77.5 Å². The van der Waals surface area contributed by atoms with E-state index in [2.05, 4.69) is 31.0 Å². The second kappa shape index (κ2) is 7.32. The van der Waals surface area contributed by atoms with Crippen LogP contribution in [-0.2, 0) is 0 Å². The van der Waals surface area contributed by atoms with Crippen LogP contribution in [0.1, 0.15) is 16.8 Å². The second-order valence-electron chi connectivity index (χ2n) is 5.39. The number of rotatable bonds is 4. The number of nitrogens with zero attached hydrogens (tertiary/aromatic N) is 4. The molecule has 0 saturated carbocycles. The number of hydrazone groups is 1. The van der Waals surface area contributed by atoms with Crippen LogP contribution in [0.5, 0.6) is 0 Å². The van der Waals surface area contributed by atoms with Gasteiger partial charge in [-0.1, -0.05) is 48.0 Å². The van der Waals surface area contributed by atoms with Crippen molar-refractivity contribution < 1.29 is 0 Å². The van der Waals surface area contributed by atoms with Crippen LogP contribution in [0.15, 0.2) is 76.0 Å². The Bertz CT molecular complexity index is 847. The summed E-state index contributed by atoms with van der Waals surface area (Å²) in [6, 6.07) is 19.5. The lowest BCUT2D eigenvalue weighted by Crippen LogP contribution is -2.01. The van der Waals surface area contributed by atoms with E-state index >= 15 is 0 Å². The van der Waals surface area contributed by atoms with E-state index in [-0.39, 0.29) is 0 Å². The number of hydrogen-bond donors (Lipinski definition) is 2. The predicted molar refractivity (Wildman–Crippen MR) is 95.6 cm³/mol. The number of aryl methyl sites for hydroxylation is 2. The monoisotopic (exact) mass is 318 g/mol. The van der Waals surface area contributed by atoms with Crippen LogP contribution < -0.4 is 5.43 Å². The number of benzene rings is 2. The molecule has 0 unspecified atom stereocenters. The molecular formula is C18H18N6. The zero-order valence-electron chi connectivity index (χ0n) is 13.6. The number of aromatic amines is 1. The van der Waals surface area contributed by atoms with Gasteiger partial charge < -0.3 is 0 Å². The third-order valence-corrected chi connectivity index (χ3v) is 3.31. The fourth-order valence-corrected chi connectivity index (χ4v) is 2.03. The molecule has 0 radical (unpaired) electrons. The van der Waals surface area contributed by atoms with E-state index in [1.165, 1.54) is 5.56 Å². The third kappa shape index (κ3) is 4.13. The molecule has 3 rings (SSSR count). The fraction of sp³-hybridized carbons (Fsp3) is 0.111. The highest BCUT2D eigenvalue weighted by Gasteiger charge is 2.03. The smallest absolute Gasteiger partial charge is 0.201 e. The average molecular weight is 318 g/mol. The SMILES string of the molecule is Cc1ccc(N/N=C(\N=Nc2cc(C)[nH]n2)c2ccccc2)cc1. The standard InChI is InChI=1S/C18H18N6/c1-13-8-10-16(11-9-13)20-23-18(15-6-4-3-5-7-15)24-22-17-12-14(2)19-21-17/h3-12,20H,1-2H3,(H,19,21)/b23-18-,24-22?. The number of amidine groups is 1. The van der Waals surface area contributed by atoms with E-state index in [0.29, 0.717) is 11.7 Å². The normalized spacial score (nSPS) is 11.8. The minimum atomic E-state index is 0.483. The molecule has 24 heavy (non-hydrogen) atoms. The molecule has 0 aliphatic carbocycles. The van der Waals surface area contributed by atoms with Crippen molar-refractivity contribution in [2.24, 2.45) is 15.3 Å². The van der Waals surface area contributed by atoms with Crippen LogP contribution in [-0.4, -0.2) is 16.0 Å². The lowest BCUT2D eigenvalue weighted by Gasteiger charge is -2.03. The zero-order valence-corrected chi connectivity index (χ0v) is 13.6. The quantitative estimate of drug-likeness (QED) is 0.319. The molecular weight excluding hydrogens is 300 g/mol. The molecule has 2 aromatic carbocycles. The Labute approximate surface area is 140 Å². The van der Waals surface area contributed by atoms with Gasteiger partial charge in [-0.2, -0.15) is 10.2 Å². The van der Waals surface area contributed by atoms with Crippen molar-refractivity contribution in [1.29, 1.82) is 0 Å². The summed E-state index contributed by atoms with van der Waals surface area (Å²) >= 11 is 0. The Morgan fingerprint density at radius 1 is 1.00 bits per heavy atom. The molecule has 0 aliphatic heterocycles. The van der Waals surface area contributed by atoms with Crippen molar-refractivity contribution in [1.82, 2.24) is 10.2 Å². The highest BCUT2D eigenvalue weighted by molar-refractivity contribution is 5.99. The molecule has 6 nitrogen and oxygen atoms in total. The maximum atomic E-state index is 4.38. The second-order valence-corrected chi connectivity index (χ2v) is 5.39. The molecule has 3 aromatic rings. The van der Waals surface area contributed by atoms with E-state index in [4.69, 9.17) is 0 Å². The highest BCUT2D eigenvalue weighted by Crippen LogP contribution is 2.13. The first-order chi connectivity index (χ1) is 11.7. The summed E-state index contributed by atoms with van der Waals surface area (Å²) in [4.78, 5) is 0. The van der Waals surface area contributed by atoms with Crippen molar-refractivity contribution >= 4 is 17.3 Å². The topological polar surface area (TPSA) is 77.8 Å².